The van der Waals surface area contributed by atoms with Gasteiger partial charge in [0, 0.05) is 64.5 Å². The fourth-order valence-corrected chi connectivity index (χ4v) is 9.19. The minimum absolute atomic E-state index is 0.351. The molecule has 6 aromatic carbocycles. The van der Waals surface area contributed by atoms with Crippen LogP contribution in [0.4, 0.5) is 0 Å². The molecule has 0 spiro atoms. The Bertz CT molecular complexity index is 2930. The molecule has 1 N–H and O–H groups in total. The fraction of sp³-hybridized carbons (Fsp3) is 0. The maximum absolute atomic E-state index is 8.71. The van der Waals surface area contributed by atoms with Crippen molar-refractivity contribution >= 4 is 106 Å². The second kappa shape index (κ2) is 17.2. The monoisotopic (exact) mass is 823 g/mol. The van der Waals surface area contributed by atoms with Crippen molar-refractivity contribution in [2.75, 3.05) is 0 Å². The van der Waals surface area contributed by atoms with Gasteiger partial charge in [0.2, 0.25) is 0 Å². The molecule has 0 saturated carbocycles. The second-order valence-electron chi connectivity index (χ2n) is 12.2. The van der Waals surface area contributed by atoms with Crippen LogP contribution >= 0.6 is 57.5 Å². The number of halogens is 3. The molecule has 0 bridgehead atoms. The van der Waals surface area contributed by atoms with Gasteiger partial charge in [0.1, 0.15) is 21.2 Å². The number of hydrogen-bond acceptors (Lipinski definition) is 8. The lowest BCUT2D eigenvalue weighted by Gasteiger charge is -2.07. The normalized spacial score (nSPS) is 10.9. The predicted octanol–water partition coefficient (Wildman–Crippen LogP) is 13.2. The number of hydrogen-bond donors (Lipinski definition) is 1. The first-order chi connectivity index (χ1) is 27.4. The van der Waals surface area contributed by atoms with Crippen molar-refractivity contribution in [3.05, 3.63) is 173 Å². The summed E-state index contributed by atoms with van der Waals surface area (Å²) in [6.07, 6.45) is 0. The summed E-state index contributed by atoms with van der Waals surface area (Å²) in [5.74, 6) is 1.88. The number of thiophene rings is 2. The van der Waals surface area contributed by atoms with Gasteiger partial charge in [-0.1, -0.05) is 162 Å². The van der Waals surface area contributed by atoms with E-state index >= 15 is 0 Å². The zero-order valence-electron chi connectivity index (χ0n) is 29.2. The van der Waals surface area contributed by atoms with Crippen LogP contribution in [0.2, 0.25) is 15.5 Å². The third-order valence-electron chi connectivity index (χ3n) is 8.65. The summed E-state index contributed by atoms with van der Waals surface area (Å²) in [4.78, 5) is 17.4. The Morgan fingerprint density at radius 1 is 0.464 bits per heavy atom. The van der Waals surface area contributed by atoms with E-state index in [4.69, 9.17) is 49.5 Å². The first-order valence-electron chi connectivity index (χ1n) is 17.2. The number of benzene rings is 6. The fourth-order valence-electron chi connectivity index (χ4n) is 6.20. The quantitative estimate of drug-likeness (QED) is 0.138. The van der Waals surface area contributed by atoms with E-state index in [9.17, 15) is 0 Å². The van der Waals surface area contributed by atoms with E-state index in [1.165, 1.54) is 41.7 Å². The Kier molecular flexibility index (Phi) is 11.5. The molecule has 0 amide bonds. The van der Waals surface area contributed by atoms with Crippen LogP contribution in [0.1, 0.15) is 0 Å². The van der Waals surface area contributed by atoms with Crippen molar-refractivity contribution in [1.82, 2.24) is 19.9 Å². The third kappa shape index (κ3) is 8.25. The van der Waals surface area contributed by atoms with E-state index in [2.05, 4.69) is 75.6 Å². The lowest BCUT2D eigenvalue weighted by atomic mass is 10.1. The van der Waals surface area contributed by atoms with Crippen molar-refractivity contribution in [3.63, 3.8) is 0 Å². The molecule has 0 aliphatic carbocycles. The zero-order chi connectivity index (χ0) is 38.4. The van der Waals surface area contributed by atoms with Crippen molar-refractivity contribution in [3.8, 4) is 39.8 Å². The summed E-state index contributed by atoms with van der Waals surface area (Å²) in [6.45, 7) is 0. The number of nitrogens with zero attached hydrogens (tertiary/aromatic N) is 4. The van der Waals surface area contributed by atoms with E-state index in [1.807, 2.05) is 91.0 Å². The van der Waals surface area contributed by atoms with Gasteiger partial charge >= 0.3 is 7.69 Å². The molecule has 271 valence electrons. The summed E-state index contributed by atoms with van der Waals surface area (Å²) in [6, 6.07) is 51.7. The molecule has 1 radical (unpaired) electrons. The molecular weight excluding hydrogens is 798 g/mol. The van der Waals surface area contributed by atoms with Crippen molar-refractivity contribution in [2.24, 2.45) is 0 Å². The average molecular weight is 825 g/mol. The standard InChI is InChI=1S/C22H13ClN2S.C12H8BO2S.C10H6Cl2N2/c23-20-13-18(24-22(25-20)14-7-2-1-3-8-14)17-11-6-10-16-15-9-4-5-12-19(15)26-21(16)17;14-13-15-10-6-3-5-9-8-4-1-2-7-11(8)16-12(9)10;11-8-6-9(12)14-10(13-8)7-4-2-1-3-5-7/h1-13H;1-7,14H;1-6H. The summed E-state index contributed by atoms with van der Waals surface area (Å²) in [5.41, 5.74) is 3.79. The summed E-state index contributed by atoms with van der Waals surface area (Å²) < 4.78 is 9.88. The largest absolute Gasteiger partial charge is 0.569 e. The van der Waals surface area contributed by atoms with Crippen molar-refractivity contribution < 1.29 is 9.68 Å². The zero-order valence-corrected chi connectivity index (χ0v) is 33.1. The number of rotatable bonds is 5. The lowest BCUT2D eigenvalue weighted by Crippen LogP contribution is -1.99. The van der Waals surface area contributed by atoms with Gasteiger partial charge in [-0.3, -0.25) is 0 Å². The minimum atomic E-state index is 0.351. The van der Waals surface area contributed by atoms with Crippen LogP contribution in [-0.2, 0) is 0 Å². The van der Waals surface area contributed by atoms with Gasteiger partial charge in [-0.25, -0.2) is 19.9 Å². The molecule has 0 aliphatic rings. The average Bonchev–Trinajstić information content (AvgIpc) is 3.81. The molecular formula is C44H27BCl3N4O2S2. The van der Waals surface area contributed by atoms with Gasteiger partial charge in [0.05, 0.1) is 10.4 Å². The van der Waals surface area contributed by atoms with Crippen LogP contribution in [-0.4, -0.2) is 32.6 Å². The second-order valence-corrected chi connectivity index (χ2v) is 15.5. The van der Waals surface area contributed by atoms with Gasteiger partial charge in [0.15, 0.2) is 11.6 Å². The minimum Gasteiger partial charge on any atom is -0.536 e. The van der Waals surface area contributed by atoms with Crippen LogP contribution in [0.25, 0.3) is 74.4 Å². The van der Waals surface area contributed by atoms with E-state index in [1.54, 1.807) is 22.7 Å². The Morgan fingerprint density at radius 2 is 0.929 bits per heavy atom. The van der Waals surface area contributed by atoms with Crippen LogP contribution in [0.3, 0.4) is 0 Å². The highest BCUT2D eigenvalue weighted by atomic mass is 35.5. The highest BCUT2D eigenvalue weighted by Crippen LogP contribution is 2.40. The molecule has 0 saturated heterocycles. The molecule has 0 atom stereocenters. The Morgan fingerprint density at radius 3 is 1.52 bits per heavy atom. The van der Waals surface area contributed by atoms with Crippen LogP contribution in [0.5, 0.6) is 5.75 Å². The summed E-state index contributed by atoms with van der Waals surface area (Å²) >= 11 is 21.3. The summed E-state index contributed by atoms with van der Waals surface area (Å²) in [7, 11) is 0.721. The van der Waals surface area contributed by atoms with Crippen molar-refractivity contribution in [1.29, 1.82) is 0 Å². The van der Waals surface area contributed by atoms with Crippen LogP contribution in [0, 0.1) is 0 Å². The smallest absolute Gasteiger partial charge is 0.536 e. The molecule has 0 unspecified atom stereocenters. The molecule has 56 heavy (non-hydrogen) atoms. The predicted molar refractivity (Wildman–Crippen MR) is 236 cm³/mol. The van der Waals surface area contributed by atoms with E-state index in [-0.39, 0.29) is 0 Å². The molecule has 10 aromatic rings. The van der Waals surface area contributed by atoms with Crippen molar-refractivity contribution in [2.45, 2.75) is 0 Å². The molecule has 4 aromatic heterocycles. The molecule has 0 fully saturated rings. The maximum atomic E-state index is 8.71. The molecule has 10 rings (SSSR count). The Balaban J connectivity index is 0.000000126. The molecule has 4 heterocycles. The van der Waals surface area contributed by atoms with Gasteiger partial charge < -0.3 is 9.68 Å². The van der Waals surface area contributed by atoms with Gasteiger partial charge in [-0.2, -0.15) is 0 Å². The van der Waals surface area contributed by atoms with E-state index in [0.29, 0.717) is 32.9 Å². The van der Waals surface area contributed by atoms with Gasteiger partial charge in [-0.15, -0.1) is 22.7 Å². The van der Waals surface area contributed by atoms with Gasteiger partial charge in [-0.05, 0) is 18.2 Å². The third-order valence-corrected chi connectivity index (χ3v) is 11.7. The van der Waals surface area contributed by atoms with E-state index < -0.39 is 0 Å². The maximum Gasteiger partial charge on any atom is 0.569 e. The van der Waals surface area contributed by atoms with E-state index in [0.717, 1.165) is 34.8 Å². The number of fused-ring (bicyclic) bond motifs is 6. The SMILES string of the molecule is Clc1cc(-c2cccc3c2sc2ccccc23)nc(-c2ccccc2)n1.Clc1cc(Cl)nc(-c2ccccc2)n1.O[B]Oc1cccc2c1sc1ccccc12. The molecule has 0 aliphatic heterocycles. The van der Waals surface area contributed by atoms with Crippen LogP contribution in [0.15, 0.2) is 158 Å². The first kappa shape index (κ1) is 37.5. The molecule has 6 nitrogen and oxygen atoms in total. The Hall–Kier alpha value is -5.39. The highest BCUT2D eigenvalue weighted by molar-refractivity contribution is 7.26. The topological polar surface area (TPSA) is 81.0 Å². The first-order valence-corrected chi connectivity index (χ1v) is 20.0. The number of aromatic nitrogens is 4. The van der Waals surface area contributed by atoms with Crippen LogP contribution < -0.4 is 4.65 Å². The lowest BCUT2D eigenvalue weighted by molar-refractivity contribution is 0.457. The highest BCUT2D eigenvalue weighted by Gasteiger charge is 2.14. The van der Waals surface area contributed by atoms with Gasteiger partial charge in [0.25, 0.3) is 0 Å². The summed E-state index contributed by atoms with van der Waals surface area (Å²) in [5, 5.41) is 14.8. The Labute approximate surface area is 345 Å². The molecule has 12 heteroatoms.